The Hall–Kier alpha value is -3.01. The molecule has 0 radical (unpaired) electrons. The Balaban J connectivity index is 1.57. The average molecular weight is 321 g/mol. The third kappa shape index (κ3) is 4.49. The summed E-state index contributed by atoms with van der Waals surface area (Å²) in [5.74, 6) is -0.473. The molecule has 1 N–H and O–H groups in total. The van der Waals surface area contributed by atoms with Crippen molar-refractivity contribution in [3.8, 4) is 0 Å². The Morgan fingerprint density at radius 3 is 2.17 bits per heavy atom. The molecule has 0 aliphatic heterocycles. The van der Waals surface area contributed by atoms with Gasteiger partial charge in [0.2, 0.25) is 6.54 Å². The highest BCUT2D eigenvalue weighted by Gasteiger charge is 2.09. The molecule has 24 heavy (non-hydrogen) atoms. The maximum Gasteiger partial charge on any atom is 0.290 e. The Morgan fingerprint density at radius 1 is 0.875 bits per heavy atom. The molecular weight excluding hydrogens is 303 g/mol. The van der Waals surface area contributed by atoms with E-state index in [0.29, 0.717) is 5.69 Å². The van der Waals surface area contributed by atoms with E-state index >= 15 is 0 Å². The minimum atomic E-state index is -0.323. The number of amides is 1. The molecule has 0 spiro atoms. The fourth-order valence-electron chi connectivity index (χ4n) is 2.44. The summed E-state index contributed by atoms with van der Waals surface area (Å²) < 4.78 is 14.7. The fraction of sp³-hybridized carbons (Fsp3) is 0.100. The molecule has 0 aliphatic rings. The van der Waals surface area contributed by atoms with Crippen molar-refractivity contribution in [1.82, 2.24) is 0 Å². The van der Waals surface area contributed by atoms with Crippen molar-refractivity contribution in [3.63, 3.8) is 0 Å². The zero-order valence-electron chi connectivity index (χ0n) is 13.2. The summed E-state index contributed by atoms with van der Waals surface area (Å²) >= 11 is 0. The summed E-state index contributed by atoms with van der Waals surface area (Å²) in [6, 6.07) is 20.0. The lowest BCUT2D eigenvalue weighted by Crippen LogP contribution is -2.39. The van der Waals surface area contributed by atoms with E-state index in [-0.39, 0.29) is 18.3 Å². The van der Waals surface area contributed by atoms with Crippen LogP contribution in [-0.2, 0) is 17.8 Å². The first kappa shape index (κ1) is 15.9. The standard InChI is InChI=1S/C20H17FN2O/c21-18-6-8-19(9-7-18)22-20(24)15-23-12-10-17(11-13-23)14-16-4-2-1-3-5-16/h1-13H,14-15H2/p+1. The van der Waals surface area contributed by atoms with Gasteiger partial charge in [-0.25, -0.2) is 4.39 Å². The first-order valence-electron chi connectivity index (χ1n) is 7.76. The van der Waals surface area contributed by atoms with E-state index in [2.05, 4.69) is 17.4 Å². The smallest absolute Gasteiger partial charge is 0.290 e. The summed E-state index contributed by atoms with van der Waals surface area (Å²) in [7, 11) is 0. The number of nitrogens with one attached hydrogen (secondary N) is 1. The molecule has 3 rings (SSSR count). The second-order valence-corrected chi connectivity index (χ2v) is 5.60. The Kier molecular flexibility index (Phi) is 4.96. The molecule has 0 saturated heterocycles. The van der Waals surface area contributed by atoms with E-state index in [1.54, 1.807) is 12.1 Å². The number of carbonyl (C=O) groups excluding carboxylic acids is 1. The lowest BCUT2D eigenvalue weighted by atomic mass is 10.1. The molecule has 0 bridgehead atoms. The van der Waals surface area contributed by atoms with E-state index in [1.165, 1.54) is 23.3 Å². The molecule has 120 valence electrons. The number of nitrogens with zero attached hydrogens (tertiary/aromatic N) is 1. The minimum absolute atomic E-state index is 0.151. The molecule has 3 nitrogen and oxygen atoms in total. The summed E-state index contributed by atoms with van der Waals surface area (Å²) in [4.78, 5) is 12.0. The van der Waals surface area contributed by atoms with Gasteiger partial charge in [0.05, 0.1) is 0 Å². The fourth-order valence-corrected chi connectivity index (χ4v) is 2.44. The van der Waals surface area contributed by atoms with Crippen LogP contribution in [0.2, 0.25) is 0 Å². The van der Waals surface area contributed by atoms with Gasteiger partial charge in [-0.1, -0.05) is 30.3 Å². The number of aromatic nitrogens is 1. The average Bonchev–Trinajstić information content (AvgIpc) is 2.60. The molecule has 0 unspecified atom stereocenters. The highest BCUT2D eigenvalue weighted by atomic mass is 19.1. The number of rotatable bonds is 5. The highest BCUT2D eigenvalue weighted by Crippen LogP contribution is 2.08. The van der Waals surface area contributed by atoms with Gasteiger partial charge < -0.3 is 5.32 Å². The number of halogens is 1. The van der Waals surface area contributed by atoms with E-state index < -0.39 is 0 Å². The van der Waals surface area contributed by atoms with Crippen LogP contribution in [0.4, 0.5) is 10.1 Å². The molecule has 1 aromatic heterocycles. The maximum atomic E-state index is 12.8. The highest BCUT2D eigenvalue weighted by molar-refractivity contribution is 5.89. The Bertz CT molecular complexity index is 799. The Labute approximate surface area is 140 Å². The second-order valence-electron chi connectivity index (χ2n) is 5.60. The molecule has 1 heterocycles. The molecule has 0 saturated carbocycles. The van der Waals surface area contributed by atoms with Crippen LogP contribution in [0.5, 0.6) is 0 Å². The zero-order valence-corrected chi connectivity index (χ0v) is 13.2. The van der Waals surface area contributed by atoms with E-state index in [0.717, 1.165) is 6.42 Å². The topological polar surface area (TPSA) is 33.0 Å². The van der Waals surface area contributed by atoms with Gasteiger partial charge in [-0.2, -0.15) is 4.57 Å². The summed E-state index contributed by atoms with van der Waals surface area (Å²) in [5, 5.41) is 2.75. The van der Waals surface area contributed by atoms with Gasteiger partial charge >= 0.3 is 0 Å². The molecule has 3 aromatic rings. The van der Waals surface area contributed by atoms with Crippen molar-refractivity contribution >= 4 is 11.6 Å². The molecule has 0 fully saturated rings. The summed E-state index contributed by atoms with van der Waals surface area (Å²) in [6.45, 7) is 0.211. The van der Waals surface area contributed by atoms with E-state index in [1.807, 2.05) is 47.3 Å². The van der Waals surface area contributed by atoms with Gasteiger partial charge in [-0.05, 0) is 41.8 Å². The van der Waals surface area contributed by atoms with Crippen LogP contribution in [0.1, 0.15) is 11.1 Å². The van der Waals surface area contributed by atoms with Crippen LogP contribution >= 0.6 is 0 Å². The SMILES string of the molecule is O=C(C[n+]1ccc(Cc2ccccc2)cc1)Nc1ccc(F)cc1. The molecular formula is C20H18FN2O+. The van der Waals surface area contributed by atoms with Gasteiger partial charge in [0.25, 0.3) is 5.91 Å². The molecule has 0 atom stereocenters. The molecule has 4 heteroatoms. The predicted molar refractivity (Wildman–Crippen MR) is 90.9 cm³/mol. The number of hydrogen-bond donors (Lipinski definition) is 1. The van der Waals surface area contributed by atoms with Crippen LogP contribution < -0.4 is 9.88 Å². The van der Waals surface area contributed by atoms with Crippen molar-refractivity contribution in [2.75, 3.05) is 5.32 Å². The number of anilines is 1. The largest absolute Gasteiger partial charge is 0.321 e. The quantitative estimate of drug-likeness (QED) is 0.718. The number of carbonyl (C=O) groups is 1. The van der Waals surface area contributed by atoms with E-state index in [9.17, 15) is 9.18 Å². The normalized spacial score (nSPS) is 10.4. The van der Waals surface area contributed by atoms with Gasteiger partial charge in [-0.3, -0.25) is 4.79 Å². The third-order valence-electron chi connectivity index (χ3n) is 3.67. The monoisotopic (exact) mass is 321 g/mol. The molecule has 0 aliphatic carbocycles. The van der Waals surface area contributed by atoms with Crippen molar-refractivity contribution in [3.05, 3.63) is 96.1 Å². The van der Waals surface area contributed by atoms with Crippen molar-refractivity contribution in [2.24, 2.45) is 0 Å². The van der Waals surface area contributed by atoms with Crippen LogP contribution in [0.3, 0.4) is 0 Å². The zero-order chi connectivity index (χ0) is 16.8. The van der Waals surface area contributed by atoms with Crippen LogP contribution in [0.15, 0.2) is 79.1 Å². The van der Waals surface area contributed by atoms with E-state index in [4.69, 9.17) is 0 Å². The molecule has 1 amide bonds. The second kappa shape index (κ2) is 7.51. The van der Waals surface area contributed by atoms with Crippen molar-refractivity contribution in [2.45, 2.75) is 13.0 Å². The van der Waals surface area contributed by atoms with Crippen LogP contribution in [0.25, 0.3) is 0 Å². The first-order chi connectivity index (χ1) is 11.7. The van der Waals surface area contributed by atoms with Crippen LogP contribution in [-0.4, -0.2) is 5.91 Å². The molecule has 2 aromatic carbocycles. The minimum Gasteiger partial charge on any atom is -0.321 e. The predicted octanol–water partition coefficient (Wildman–Crippen LogP) is 3.34. The lowest BCUT2D eigenvalue weighted by Gasteiger charge is -2.04. The number of hydrogen-bond acceptors (Lipinski definition) is 1. The summed E-state index contributed by atoms with van der Waals surface area (Å²) in [5.41, 5.74) is 3.03. The number of benzene rings is 2. The maximum absolute atomic E-state index is 12.8. The van der Waals surface area contributed by atoms with Crippen LogP contribution in [0, 0.1) is 5.82 Å². The van der Waals surface area contributed by atoms with Crippen molar-refractivity contribution in [1.29, 1.82) is 0 Å². The van der Waals surface area contributed by atoms with Gasteiger partial charge in [0.15, 0.2) is 12.4 Å². The Morgan fingerprint density at radius 2 is 1.50 bits per heavy atom. The van der Waals surface area contributed by atoms with Gasteiger partial charge in [-0.15, -0.1) is 0 Å². The first-order valence-corrected chi connectivity index (χ1v) is 7.76. The number of pyridine rings is 1. The van der Waals surface area contributed by atoms with Gasteiger partial charge in [0, 0.05) is 17.8 Å². The third-order valence-corrected chi connectivity index (χ3v) is 3.67. The van der Waals surface area contributed by atoms with Crippen molar-refractivity contribution < 1.29 is 13.8 Å². The lowest BCUT2D eigenvalue weighted by molar-refractivity contribution is -0.684. The van der Waals surface area contributed by atoms with Gasteiger partial charge in [0.1, 0.15) is 5.82 Å². The summed E-state index contributed by atoms with van der Waals surface area (Å²) in [6.07, 6.45) is 4.65.